The van der Waals surface area contributed by atoms with E-state index in [1.54, 1.807) is 0 Å². The molecule has 0 bridgehead atoms. The van der Waals surface area contributed by atoms with Crippen molar-refractivity contribution in [3.8, 4) is 5.75 Å². The van der Waals surface area contributed by atoms with Crippen molar-refractivity contribution in [1.29, 1.82) is 0 Å². The number of phenolic OH excluding ortho intramolecular Hbond substituents is 1. The van der Waals surface area contributed by atoms with Gasteiger partial charge in [0, 0.05) is 11.6 Å². The first-order valence-electron chi connectivity index (χ1n) is 15.6. The van der Waals surface area contributed by atoms with E-state index in [2.05, 4.69) is 6.07 Å². The van der Waals surface area contributed by atoms with Crippen LogP contribution in [0.4, 0.5) is 27.6 Å². The van der Waals surface area contributed by atoms with Gasteiger partial charge in [0.05, 0.1) is 24.3 Å². The van der Waals surface area contributed by atoms with Gasteiger partial charge in [-0.15, -0.1) is 0 Å². The summed E-state index contributed by atoms with van der Waals surface area (Å²) in [5.41, 5.74) is 1.70. The Kier molecular flexibility index (Phi) is 10.5. The van der Waals surface area contributed by atoms with E-state index in [1.165, 1.54) is 24.3 Å². The smallest absolute Gasteiger partial charge is 0.335 e. The summed E-state index contributed by atoms with van der Waals surface area (Å²) in [6.45, 7) is 3.66. The van der Waals surface area contributed by atoms with E-state index in [0.717, 1.165) is 47.1 Å². The highest BCUT2D eigenvalue weighted by Gasteiger charge is 2.39. The van der Waals surface area contributed by atoms with Gasteiger partial charge in [0.1, 0.15) is 5.75 Å². The summed E-state index contributed by atoms with van der Waals surface area (Å²) in [6, 6.07) is 14.2. The molecule has 0 spiro atoms. The van der Waals surface area contributed by atoms with Crippen LogP contribution in [0.2, 0.25) is 5.02 Å². The minimum Gasteiger partial charge on any atom is -0.506 e. The van der Waals surface area contributed by atoms with Crippen molar-refractivity contribution in [2.75, 3.05) is 11.4 Å². The molecule has 1 saturated carbocycles. The number of aromatic carboxylic acids is 1. The number of halogens is 6. The van der Waals surface area contributed by atoms with Crippen molar-refractivity contribution >= 4 is 39.2 Å². The average molecular weight is 751 g/mol. The number of amides is 1. The molecule has 1 amide bonds. The van der Waals surface area contributed by atoms with Crippen molar-refractivity contribution in [2.45, 2.75) is 62.9 Å². The van der Waals surface area contributed by atoms with Gasteiger partial charge in [-0.05, 0) is 76.8 Å². The van der Waals surface area contributed by atoms with Crippen LogP contribution in [0.25, 0.3) is 0 Å². The molecule has 270 valence electrons. The summed E-state index contributed by atoms with van der Waals surface area (Å²) >= 11 is 5.94. The highest BCUT2D eigenvalue weighted by atomic mass is 35.5. The van der Waals surface area contributed by atoms with Crippen LogP contribution in [-0.2, 0) is 33.3 Å². The van der Waals surface area contributed by atoms with E-state index < -0.39 is 74.7 Å². The maximum absolute atomic E-state index is 15.0. The molecule has 1 aliphatic rings. The Hall–Kier alpha value is -4.53. The highest BCUT2D eigenvalue weighted by Crippen LogP contribution is 2.42. The molecule has 2 N–H and O–H groups in total. The summed E-state index contributed by atoms with van der Waals surface area (Å²) in [5.74, 6) is -15.7. The molecule has 0 heterocycles. The first-order valence-corrected chi connectivity index (χ1v) is 17.4. The Balaban J connectivity index is 1.64. The second-order valence-electron chi connectivity index (χ2n) is 13.3. The number of carboxylic acid groups (broad SMARTS) is 1. The molecule has 5 rings (SSSR count). The normalized spacial score (nSPS) is 13.5. The molecule has 8 nitrogen and oxygen atoms in total. The standard InChI is InChI=1S/C36H32ClF5N2O6S/c1-36(2,3)24-13-20(12-23(14-24)21-6-7-21)17-44(26-11-8-22(35(47)48)15-27(26)45)28(46)18-43(16-19-4-9-25(37)10-5-19)51(49,50)34-32(41)30(39)29(38)31(40)33(34)42/h4-5,8-15,21,45H,6-7,16-18H2,1-3H3,(H,47,48). The first kappa shape index (κ1) is 37.7. The minimum atomic E-state index is -5.66. The third kappa shape index (κ3) is 8.03. The highest BCUT2D eigenvalue weighted by molar-refractivity contribution is 7.89. The fourth-order valence-electron chi connectivity index (χ4n) is 5.47. The Labute approximate surface area is 295 Å². The van der Waals surface area contributed by atoms with Crippen LogP contribution in [0.1, 0.15) is 72.1 Å². The van der Waals surface area contributed by atoms with Crippen LogP contribution in [0.15, 0.2) is 65.6 Å². The van der Waals surface area contributed by atoms with Gasteiger partial charge >= 0.3 is 5.97 Å². The van der Waals surface area contributed by atoms with Crippen LogP contribution in [0.3, 0.4) is 0 Å². The zero-order valence-corrected chi connectivity index (χ0v) is 29.1. The lowest BCUT2D eigenvalue weighted by molar-refractivity contribution is -0.119. The first-order chi connectivity index (χ1) is 23.8. The lowest BCUT2D eigenvalue weighted by Gasteiger charge is -2.29. The van der Waals surface area contributed by atoms with Crippen LogP contribution in [0, 0.1) is 29.1 Å². The molecule has 0 aliphatic heterocycles. The second kappa shape index (κ2) is 14.2. The van der Waals surface area contributed by atoms with E-state index in [0.29, 0.717) is 5.56 Å². The molecule has 4 aromatic carbocycles. The molecule has 1 aliphatic carbocycles. The number of hydrogen-bond acceptors (Lipinski definition) is 5. The van der Waals surface area contributed by atoms with Crippen molar-refractivity contribution in [3.63, 3.8) is 0 Å². The van der Waals surface area contributed by atoms with Gasteiger partial charge in [0.2, 0.25) is 21.7 Å². The molecule has 51 heavy (non-hydrogen) atoms. The number of sulfonamides is 1. The monoisotopic (exact) mass is 750 g/mol. The number of carboxylic acids is 1. The Morgan fingerprint density at radius 2 is 1.41 bits per heavy atom. The molecule has 15 heteroatoms. The number of benzene rings is 4. The largest absolute Gasteiger partial charge is 0.506 e. The number of carbonyl (C=O) groups excluding carboxylic acids is 1. The number of hydrogen-bond donors (Lipinski definition) is 2. The number of aromatic hydroxyl groups is 1. The maximum atomic E-state index is 15.0. The van der Waals surface area contributed by atoms with Crippen LogP contribution < -0.4 is 4.90 Å². The third-order valence-electron chi connectivity index (χ3n) is 8.44. The summed E-state index contributed by atoms with van der Waals surface area (Å²) in [4.78, 5) is 24.7. The van der Waals surface area contributed by atoms with E-state index in [1.807, 2.05) is 32.9 Å². The Morgan fingerprint density at radius 1 is 0.824 bits per heavy atom. The van der Waals surface area contributed by atoms with Gasteiger partial charge < -0.3 is 15.1 Å². The van der Waals surface area contributed by atoms with Crippen LogP contribution in [0.5, 0.6) is 5.75 Å². The molecule has 1 fully saturated rings. The number of phenols is 1. The molecule has 0 aromatic heterocycles. The van der Waals surface area contributed by atoms with Crippen LogP contribution in [-0.4, -0.2) is 41.4 Å². The van der Waals surface area contributed by atoms with Crippen molar-refractivity contribution < 1.29 is 50.2 Å². The lowest BCUT2D eigenvalue weighted by Crippen LogP contribution is -2.43. The van der Waals surface area contributed by atoms with Gasteiger partial charge in [-0.25, -0.2) is 35.2 Å². The van der Waals surface area contributed by atoms with E-state index in [9.17, 15) is 50.2 Å². The fourth-order valence-corrected chi connectivity index (χ4v) is 7.08. The zero-order chi connectivity index (χ0) is 37.6. The topological polar surface area (TPSA) is 115 Å². The van der Waals surface area contributed by atoms with Crippen molar-refractivity contribution in [2.24, 2.45) is 0 Å². The summed E-state index contributed by atoms with van der Waals surface area (Å²) in [6.07, 6.45) is 1.89. The van der Waals surface area contributed by atoms with E-state index in [4.69, 9.17) is 11.6 Å². The van der Waals surface area contributed by atoms with Gasteiger partial charge in [-0.2, -0.15) is 4.31 Å². The molecule has 4 aromatic rings. The third-order valence-corrected chi connectivity index (χ3v) is 10.5. The Bertz CT molecular complexity index is 2110. The molecule has 0 saturated heterocycles. The Morgan fingerprint density at radius 3 is 1.94 bits per heavy atom. The number of anilines is 1. The van der Waals surface area contributed by atoms with Gasteiger partial charge in [0.15, 0.2) is 28.2 Å². The summed E-state index contributed by atoms with van der Waals surface area (Å²) < 4.78 is 100. The predicted molar refractivity (Wildman–Crippen MR) is 179 cm³/mol. The van der Waals surface area contributed by atoms with Crippen molar-refractivity contribution in [1.82, 2.24) is 4.31 Å². The summed E-state index contributed by atoms with van der Waals surface area (Å²) in [5, 5.41) is 20.6. The molecule has 0 atom stereocenters. The number of carbonyl (C=O) groups is 2. The lowest BCUT2D eigenvalue weighted by atomic mass is 9.84. The molecule has 0 radical (unpaired) electrons. The average Bonchev–Trinajstić information content (AvgIpc) is 3.91. The molecular weight excluding hydrogens is 719 g/mol. The summed E-state index contributed by atoms with van der Waals surface area (Å²) in [7, 11) is -5.66. The van der Waals surface area contributed by atoms with Crippen molar-refractivity contribution in [3.05, 3.63) is 123 Å². The van der Waals surface area contributed by atoms with Gasteiger partial charge in [-0.3, -0.25) is 4.79 Å². The van der Waals surface area contributed by atoms with Gasteiger partial charge in [0.25, 0.3) is 0 Å². The van der Waals surface area contributed by atoms with E-state index in [-0.39, 0.29) is 44.0 Å². The fraction of sp³-hybridized carbons (Fsp3) is 0.278. The quantitative estimate of drug-likeness (QED) is 0.0912. The maximum Gasteiger partial charge on any atom is 0.335 e. The second-order valence-corrected chi connectivity index (χ2v) is 15.6. The SMILES string of the molecule is CC(C)(C)c1cc(CN(C(=O)CN(Cc2ccc(Cl)cc2)S(=O)(=O)c2c(F)c(F)c(F)c(F)c2F)c2ccc(C(=O)O)cc2O)cc(C2CC2)c1. The van der Waals surface area contributed by atoms with Gasteiger partial charge in [-0.1, -0.05) is 62.7 Å². The molecular formula is C36H32ClF5N2O6S. The number of nitrogens with zero attached hydrogens (tertiary/aromatic N) is 2. The molecule has 0 unspecified atom stereocenters. The predicted octanol–water partition coefficient (Wildman–Crippen LogP) is 8.04. The number of rotatable bonds is 11. The zero-order valence-electron chi connectivity index (χ0n) is 27.5. The van der Waals surface area contributed by atoms with E-state index >= 15 is 0 Å². The minimum absolute atomic E-state index is 0.131. The van der Waals surface area contributed by atoms with Crippen LogP contribution >= 0.6 is 11.6 Å².